The van der Waals surface area contributed by atoms with E-state index >= 15 is 0 Å². The van der Waals surface area contributed by atoms with Crippen LogP contribution in [0.3, 0.4) is 0 Å². The molecule has 0 fully saturated rings. The van der Waals surface area contributed by atoms with E-state index in [0.29, 0.717) is 11.8 Å². The van der Waals surface area contributed by atoms with E-state index in [9.17, 15) is 0 Å². The van der Waals surface area contributed by atoms with E-state index in [-0.39, 0.29) is 0 Å². The third-order valence-corrected chi connectivity index (χ3v) is 9.80. The molecule has 2 aliphatic carbocycles. The molecule has 2 atom stereocenters. The van der Waals surface area contributed by atoms with E-state index in [4.69, 9.17) is 4.74 Å². The minimum absolute atomic E-state index is 0.451. The maximum atomic E-state index is 6.34. The lowest BCUT2D eigenvalue weighted by molar-refractivity contribution is 0.487. The first-order chi connectivity index (χ1) is 21.3. The Morgan fingerprint density at radius 1 is 0.419 bits per heavy atom. The highest BCUT2D eigenvalue weighted by molar-refractivity contribution is 6.06. The zero-order valence-electron chi connectivity index (χ0n) is 23.4. The maximum Gasteiger partial charge on any atom is 0.135 e. The SMILES string of the molecule is C1=CC2c3cccc4c(-c5ccc6cc(-c7ccc8c(c7)-c7cccc9cccc(c79)O8)ccc6c5)ccc(c34)C2C=C1. The number of hydrogen-bond acceptors (Lipinski definition) is 1. The molecule has 0 aromatic heterocycles. The summed E-state index contributed by atoms with van der Waals surface area (Å²) < 4.78 is 6.34. The topological polar surface area (TPSA) is 9.23 Å². The van der Waals surface area contributed by atoms with E-state index in [0.717, 1.165) is 17.1 Å². The highest BCUT2D eigenvalue weighted by Crippen LogP contribution is 2.51. The highest BCUT2D eigenvalue weighted by Gasteiger charge is 2.32. The largest absolute Gasteiger partial charge is 0.456 e. The molecule has 1 nitrogen and oxygen atoms in total. The number of benzene rings is 7. The molecule has 1 heteroatoms. The molecular formula is C42H26O. The number of ether oxygens (including phenoxy) is 1. The summed E-state index contributed by atoms with van der Waals surface area (Å²) >= 11 is 0. The number of allylic oxidation sites excluding steroid dienone is 4. The van der Waals surface area contributed by atoms with Gasteiger partial charge in [0.15, 0.2) is 0 Å². The van der Waals surface area contributed by atoms with Crippen LogP contribution >= 0.6 is 0 Å². The third kappa shape index (κ3) is 3.28. The van der Waals surface area contributed by atoms with Crippen molar-refractivity contribution in [2.24, 2.45) is 0 Å². The van der Waals surface area contributed by atoms with Crippen molar-refractivity contribution in [3.63, 3.8) is 0 Å². The summed E-state index contributed by atoms with van der Waals surface area (Å²) in [5, 5.41) is 7.69. The first-order valence-electron chi connectivity index (χ1n) is 15.1. The minimum Gasteiger partial charge on any atom is -0.456 e. The van der Waals surface area contributed by atoms with E-state index in [1.807, 2.05) is 0 Å². The second-order valence-electron chi connectivity index (χ2n) is 12.0. The van der Waals surface area contributed by atoms with Crippen molar-refractivity contribution in [2.75, 3.05) is 0 Å². The van der Waals surface area contributed by atoms with Crippen molar-refractivity contribution in [2.45, 2.75) is 11.8 Å². The van der Waals surface area contributed by atoms with Gasteiger partial charge in [-0.25, -0.2) is 0 Å². The van der Waals surface area contributed by atoms with Crippen LogP contribution in [-0.4, -0.2) is 0 Å². The molecule has 0 saturated heterocycles. The molecule has 0 spiro atoms. The molecule has 0 saturated carbocycles. The quantitative estimate of drug-likeness (QED) is 0.209. The zero-order chi connectivity index (χ0) is 28.1. The first kappa shape index (κ1) is 23.2. The van der Waals surface area contributed by atoms with E-state index < -0.39 is 0 Å². The van der Waals surface area contributed by atoms with Crippen LogP contribution in [0.2, 0.25) is 0 Å². The van der Waals surface area contributed by atoms with E-state index in [1.54, 1.807) is 0 Å². The molecule has 7 aromatic rings. The average Bonchev–Trinajstić information content (AvgIpc) is 3.40. The van der Waals surface area contributed by atoms with Gasteiger partial charge in [-0.05, 0) is 96.2 Å². The monoisotopic (exact) mass is 546 g/mol. The lowest BCUT2D eigenvalue weighted by Crippen LogP contribution is -2.01. The molecule has 3 aliphatic rings. The molecule has 0 N–H and O–H groups in total. The van der Waals surface area contributed by atoms with Gasteiger partial charge < -0.3 is 4.74 Å². The molecular weight excluding hydrogens is 520 g/mol. The van der Waals surface area contributed by atoms with Gasteiger partial charge in [0, 0.05) is 22.8 Å². The highest BCUT2D eigenvalue weighted by atomic mass is 16.5. The Balaban J connectivity index is 1.06. The molecule has 1 heterocycles. The van der Waals surface area contributed by atoms with Crippen LogP contribution in [0.4, 0.5) is 0 Å². The predicted octanol–water partition coefficient (Wildman–Crippen LogP) is 11.6. The van der Waals surface area contributed by atoms with Crippen molar-refractivity contribution in [3.05, 3.63) is 157 Å². The maximum absolute atomic E-state index is 6.34. The van der Waals surface area contributed by atoms with Gasteiger partial charge in [-0.2, -0.15) is 0 Å². The number of rotatable bonds is 2. The first-order valence-corrected chi connectivity index (χ1v) is 15.1. The number of hydrogen-bond donors (Lipinski definition) is 0. The van der Waals surface area contributed by atoms with Gasteiger partial charge in [-0.15, -0.1) is 0 Å². The normalized spacial score (nSPS) is 17.3. The summed E-state index contributed by atoms with van der Waals surface area (Å²) in [7, 11) is 0. The Morgan fingerprint density at radius 2 is 1.12 bits per heavy atom. The molecule has 1 aliphatic heterocycles. The summed E-state index contributed by atoms with van der Waals surface area (Å²) in [6.07, 6.45) is 9.12. The zero-order valence-corrected chi connectivity index (χ0v) is 23.4. The Hall–Kier alpha value is -5.40. The van der Waals surface area contributed by atoms with Crippen LogP contribution in [0.5, 0.6) is 11.5 Å². The van der Waals surface area contributed by atoms with Crippen LogP contribution < -0.4 is 4.74 Å². The molecule has 0 amide bonds. The molecule has 200 valence electrons. The Kier molecular flexibility index (Phi) is 4.62. The average molecular weight is 547 g/mol. The van der Waals surface area contributed by atoms with Gasteiger partial charge in [0.25, 0.3) is 0 Å². The van der Waals surface area contributed by atoms with Crippen LogP contribution in [0.25, 0.3) is 65.7 Å². The van der Waals surface area contributed by atoms with Gasteiger partial charge in [-0.3, -0.25) is 0 Å². The summed E-state index contributed by atoms with van der Waals surface area (Å²) in [5.74, 6) is 2.75. The second-order valence-corrected chi connectivity index (χ2v) is 12.0. The van der Waals surface area contributed by atoms with Crippen LogP contribution in [0.15, 0.2) is 146 Å². The molecule has 2 unspecified atom stereocenters. The summed E-state index contributed by atoms with van der Waals surface area (Å²) in [6, 6.07) is 44.7. The lowest BCUT2D eigenvalue weighted by Gasteiger charge is -2.22. The van der Waals surface area contributed by atoms with E-state index in [2.05, 4.69) is 146 Å². The summed E-state index contributed by atoms with van der Waals surface area (Å²) in [6.45, 7) is 0. The number of fused-ring (bicyclic) bond motifs is 6. The molecule has 10 rings (SSSR count). The van der Waals surface area contributed by atoms with Gasteiger partial charge in [0.05, 0.1) is 0 Å². The molecule has 0 bridgehead atoms. The van der Waals surface area contributed by atoms with Crippen LogP contribution in [-0.2, 0) is 0 Å². The van der Waals surface area contributed by atoms with E-state index in [1.165, 1.54) is 71.3 Å². The lowest BCUT2D eigenvalue weighted by atomic mass is 9.86. The van der Waals surface area contributed by atoms with Crippen molar-refractivity contribution in [3.8, 4) is 44.9 Å². The van der Waals surface area contributed by atoms with Gasteiger partial charge in [-0.1, -0.05) is 115 Å². The Morgan fingerprint density at radius 3 is 1.98 bits per heavy atom. The third-order valence-electron chi connectivity index (χ3n) is 9.80. The molecule has 7 aromatic carbocycles. The summed E-state index contributed by atoms with van der Waals surface area (Å²) in [5.41, 5.74) is 10.3. The fourth-order valence-corrected chi connectivity index (χ4v) is 7.81. The minimum atomic E-state index is 0.451. The molecule has 0 radical (unpaired) electrons. The summed E-state index contributed by atoms with van der Waals surface area (Å²) in [4.78, 5) is 0. The van der Waals surface area contributed by atoms with Gasteiger partial charge >= 0.3 is 0 Å². The molecule has 43 heavy (non-hydrogen) atoms. The second kappa shape index (κ2) is 8.56. The Bertz CT molecular complexity index is 2360. The smallest absolute Gasteiger partial charge is 0.135 e. The van der Waals surface area contributed by atoms with Gasteiger partial charge in [0.2, 0.25) is 0 Å². The van der Waals surface area contributed by atoms with Crippen molar-refractivity contribution in [1.29, 1.82) is 0 Å². The fraction of sp³-hybridized carbons (Fsp3) is 0.0476. The van der Waals surface area contributed by atoms with Crippen LogP contribution in [0, 0.1) is 0 Å². The van der Waals surface area contributed by atoms with Gasteiger partial charge in [0.1, 0.15) is 11.5 Å². The predicted molar refractivity (Wildman–Crippen MR) is 179 cm³/mol. The standard InChI is InChI=1S/C42H26O/c1-2-9-33-32(8-1)35-12-5-11-34-31(19-20-37(33)42(34)35)30-17-16-26-22-27(14-15-28(26)23-30)29-18-21-39-38(24-29)36-10-3-6-25-7-4-13-40(43-39)41(25)36/h1-24,32-33H. The van der Waals surface area contributed by atoms with Crippen molar-refractivity contribution >= 4 is 32.3 Å². The van der Waals surface area contributed by atoms with Crippen molar-refractivity contribution in [1.82, 2.24) is 0 Å². The van der Waals surface area contributed by atoms with Crippen LogP contribution in [0.1, 0.15) is 23.0 Å². The Labute approximate surface area is 250 Å². The van der Waals surface area contributed by atoms with Crippen molar-refractivity contribution < 1.29 is 4.74 Å². The fourth-order valence-electron chi connectivity index (χ4n) is 7.81.